The van der Waals surface area contributed by atoms with Crippen molar-refractivity contribution in [2.24, 2.45) is 0 Å². The van der Waals surface area contributed by atoms with Crippen LogP contribution in [-0.2, 0) is 6.42 Å². The van der Waals surface area contributed by atoms with Gasteiger partial charge in [0.1, 0.15) is 0 Å². The molecule has 3 rings (SSSR count). The molecule has 6 heteroatoms. The lowest BCUT2D eigenvalue weighted by Gasteiger charge is -2.30. The van der Waals surface area contributed by atoms with E-state index in [9.17, 15) is 4.79 Å². The minimum Gasteiger partial charge on any atom is -0.339 e. The van der Waals surface area contributed by atoms with Crippen molar-refractivity contribution >= 4 is 17.2 Å². The van der Waals surface area contributed by atoms with Crippen LogP contribution in [-0.4, -0.2) is 34.0 Å². The molecule has 1 atom stereocenters. The molecule has 1 amide bonds. The largest absolute Gasteiger partial charge is 0.339 e. The smallest absolute Gasteiger partial charge is 0.263 e. The van der Waals surface area contributed by atoms with Crippen LogP contribution in [0, 0.1) is 6.92 Å². The molecule has 1 fully saturated rings. The summed E-state index contributed by atoms with van der Waals surface area (Å²) in [6, 6.07) is 3.90. The average Bonchev–Trinajstić information content (AvgIpc) is 3.15. The zero-order chi connectivity index (χ0) is 14.8. The van der Waals surface area contributed by atoms with Crippen molar-refractivity contribution in [2.75, 3.05) is 13.1 Å². The maximum Gasteiger partial charge on any atom is 0.263 e. The first-order chi connectivity index (χ1) is 10.2. The van der Waals surface area contributed by atoms with E-state index in [1.807, 2.05) is 30.9 Å². The molecule has 2 aromatic rings. The van der Waals surface area contributed by atoms with Crippen molar-refractivity contribution in [2.45, 2.75) is 39.0 Å². The van der Waals surface area contributed by atoms with Crippen LogP contribution in [0.15, 0.2) is 16.7 Å². The van der Waals surface area contributed by atoms with Gasteiger partial charge in [0, 0.05) is 24.4 Å². The SMILES string of the molecule is CCc1noc([C@@H]2CCCN(C(=O)c3ccc(C)s3)C2)n1. The summed E-state index contributed by atoms with van der Waals surface area (Å²) in [6.07, 6.45) is 2.75. The van der Waals surface area contributed by atoms with Crippen LogP contribution in [0.5, 0.6) is 0 Å². The van der Waals surface area contributed by atoms with Crippen molar-refractivity contribution in [3.8, 4) is 0 Å². The van der Waals surface area contributed by atoms with Gasteiger partial charge in [-0.3, -0.25) is 4.79 Å². The van der Waals surface area contributed by atoms with Crippen LogP contribution in [0.2, 0.25) is 0 Å². The summed E-state index contributed by atoms with van der Waals surface area (Å²) in [4.78, 5) is 20.8. The van der Waals surface area contributed by atoms with Crippen molar-refractivity contribution in [1.82, 2.24) is 15.0 Å². The summed E-state index contributed by atoms with van der Waals surface area (Å²) >= 11 is 1.55. The highest BCUT2D eigenvalue weighted by atomic mass is 32.1. The molecule has 0 bridgehead atoms. The quantitative estimate of drug-likeness (QED) is 0.874. The first kappa shape index (κ1) is 14.3. The van der Waals surface area contributed by atoms with Gasteiger partial charge in [-0.2, -0.15) is 4.98 Å². The van der Waals surface area contributed by atoms with Crippen molar-refractivity contribution in [1.29, 1.82) is 0 Å². The maximum atomic E-state index is 12.5. The van der Waals surface area contributed by atoms with E-state index < -0.39 is 0 Å². The summed E-state index contributed by atoms with van der Waals surface area (Å²) in [5, 5.41) is 3.95. The number of aryl methyl sites for hydroxylation is 2. The lowest BCUT2D eigenvalue weighted by atomic mass is 9.98. The van der Waals surface area contributed by atoms with Gasteiger partial charge < -0.3 is 9.42 Å². The Morgan fingerprint density at radius 3 is 3.05 bits per heavy atom. The van der Waals surface area contributed by atoms with Gasteiger partial charge in [-0.05, 0) is 31.9 Å². The predicted octanol–water partition coefficient (Wildman–Crippen LogP) is 3.02. The van der Waals surface area contributed by atoms with Gasteiger partial charge in [-0.1, -0.05) is 12.1 Å². The third kappa shape index (κ3) is 3.00. The number of thiophene rings is 1. The van der Waals surface area contributed by atoms with E-state index in [-0.39, 0.29) is 11.8 Å². The highest BCUT2D eigenvalue weighted by Crippen LogP contribution is 2.27. The van der Waals surface area contributed by atoms with Crippen molar-refractivity contribution < 1.29 is 9.32 Å². The number of rotatable bonds is 3. The number of hydrogen-bond acceptors (Lipinski definition) is 5. The Kier molecular flexibility index (Phi) is 4.05. The lowest BCUT2D eigenvalue weighted by molar-refractivity contribution is 0.0700. The third-order valence-corrected chi connectivity index (χ3v) is 4.80. The Morgan fingerprint density at radius 2 is 2.38 bits per heavy atom. The van der Waals surface area contributed by atoms with E-state index >= 15 is 0 Å². The second-order valence-electron chi connectivity index (χ2n) is 5.40. The van der Waals surface area contributed by atoms with Crippen molar-refractivity contribution in [3.05, 3.63) is 33.6 Å². The summed E-state index contributed by atoms with van der Waals surface area (Å²) in [6.45, 7) is 5.50. The molecule has 0 saturated carbocycles. The molecule has 1 aliphatic heterocycles. The molecule has 0 spiro atoms. The Labute approximate surface area is 128 Å². The zero-order valence-corrected chi connectivity index (χ0v) is 13.2. The van der Waals surface area contributed by atoms with Crippen LogP contribution in [0.3, 0.4) is 0 Å². The molecule has 0 unspecified atom stereocenters. The Hall–Kier alpha value is -1.69. The van der Waals surface area contributed by atoms with E-state index in [2.05, 4.69) is 10.1 Å². The standard InChI is InChI=1S/C15H19N3O2S/c1-3-13-16-14(20-17-13)11-5-4-8-18(9-11)15(19)12-7-6-10(2)21-12/h6-7,11H,3-5,8-9H2,1-2H3/t11-/m1/s1. The lowest BCUT2D eigenvalue weighted by Crippen LogP contribution is -2.38. The molecule has 1 aliphatic rings. The van der Waals surface area contributed by atoms with E-state index in [4.69, 9.17) is 4.52 Å². The van der Waals surface area contributed by atoms with Crippen molar-refractivity contribution in [3.63, 3.8) is 0 Å². The fourth-order valence-electron chi connectivity index (χ4n) is 2.65. The second-order valence-corrected chi connectivity index (χ2v) is 6.69. The minimum atomic E-state index is 0.119. The fraction of sp³-hybridized carbons (Fsp3) is 0.533. The Morgan fingerprint density at radius 1 is 1.52 bits per heavy atom. The van der Waals surface area contributed by atoms with E-state index in [0.29, 0.717) is 12.4 Å². The molecular formula is C15H19N3O2S. The van der Waals surface area contributed by atoms with Gasteiger partial charge in [0.2, 0.25) is 5.89 Å². The molecule has 21 heavy (non-hydrogen) atoms. The monoisotopic (exact) mass is 305 g/mol. The summed E-state index contributed by atoms with van der Waals surface area (Å²) in [7, 11) is 0. The predicted molar refractivity (Wildman–Crippen MR) is 80.6 cm³/mol. The van der Waals surface area contributed by atoms with Crippen LogP contribution >= 0.6 is 11.3 Å². The summed E-state index contributed by atoms with van der Waals surface area (Å²) in [5.41, 5.74) is 0. The van der Waals surface area contributed by atoms with Gasteiger partial charge in [-0.15, -0.1) is 11.3 Å². The maximum absolute atomic E-state index is 12.5. The first-order valence-corrected chi connectivity index (χ1v) is 8.17. The fourth-order valence-corrected chi connectivity index (χ4v) is 3.48. The van der Waals surface area contributed by atoms with Crippen LogP contribution in [0.4, 0.5) is 0 Å². The summed E-state index contributed by atoms with van der Waals surface area (Å²) < 4.78 is 5.34. The molecule has 0 radical (unpaired) electrons. The number of nitrogens with zero attached hydrogens (tertiary/aromatic N) is 3. The number of hydrogen-bond donors (Lipinski definition) is 0. The van der Waals surface area contributed by atoms with E-state index in [1.165, 1.54) is 0 Å². The average molecular weight is 305 g/mol. The summed E-state index contributed by atoms with van der Waals surface area (Å²) in [5.74, 6) is 1.69. The van der Waals surface area contributed by atoms with E-state index in [1.54, 1.807) is 11.3 Å². The second kappa shape index (κ2) is 5.97. The molecule has 5 nitrogen and oxygen atoms in total. The van der Waals surface area contributed by atoms with Crippen LogP contribution < -0.4 is 0 Å². The molecule has 0 aliphatic carbocycles. The molecular weight excluding hydrogens is 286 g/mol. The molecule has 1 saturated heterocycles. The van der Waals surface area contributed by atoms with Crippen LogP contribution in [0.25, 0.3) is 0 Å². The minimum absolute atomic E-state index is 0.119. The first-order valence-electron chi connectivity index (χ1n) is 7.35. The van der Waals surface area contributed by atoms with E-state index in [0.717, 1.165) is 41.4 Å². The van der Waals surface area contributed by atoms with Gasteiger partial charge in [0.25, 0.3) is 5.91 Å². The number of carbonyl (C=O) groups is 1. The van der Waals surface area contributed by atoms with Crippen LogP contribution in [0.1, 0.15) is 51.9 Å². The molecule has 3 heterocycles. The Balaban J connectivity index is 1.72. The normalized spacial score (nSPS) is 19.0. The zero-order valence-electron chi connectivity index (χ0n) is 12.3. The third-order valence-electron chi connectivity index (χ3n) is 3.81. The highest BCUT2D eigenvalue weighted by molar-refractivity contribution is 7.13. The number of piperidine rings is 1. The highest BCUT2D eigenvalue weighted by Gasteiger charge is 2.29. The molecule has 112 valence electrons. The van der Waals surface area contributed by atoms with Gasteiger partial charge in [0.05, 0.1) is 10.8 Å². The number of carbonyl (C=O) groups excluding carboxylic acids is 1. The topological polar surface area (TPSA) is 59.2 Å². The van der Waals surface area contributed by atoms with Gasteiger partial charge >= 0.3 is 0 Å². The van der Waals surface area contributed by atoms with Gasteiger partial charge in [0.15, 0.2) is 5.82 Å². The number of amides is 1. The Bertz CT molecular complexity index is 634. The molecule has 2 aromatic heterocycles. The molecule has 0 N–H and O–H groups in total. The number of likely N-dealkylation sites (tertiary alicyclic amines) is 1. The molecule has 0 aromatic carbocycles. The van der Waals surface area contributed by atoms with Gasteiger partial charge in [-0.25, -0.2) is 0 Å². The number of aromatic nitrogens is 2.